The molecular formula is C10H8ClNO2. The molecule has 3 nitrogen and oxygen atoms in total. The van der Waals surface area contributed by atoms with Crippen LogP contribution in [0.1, 0.15) is 5.69 Å². The van der Waals surface area contributed by atoms with Crippen LogP contribution in [-0.4, -0.2) is 10.3 Å². The van der Waals surface area contributed by atoms with Crippen LogP contribution in [-0.2, 0) is 6.61 Å². The fourth-order valence-corrected chi connectivity index (χ4v) is 1.26. The van der Waals surface area contributed by atoms with E-state index < -0.39 is 0 Å². The van der Waals surface area contributed by atoms with E-state index in [1.807, 2.05) is 12.1 Å². The summed E-state index contributed by atoms with van der Waals surface area (Å²) >= 11 is 5.75. The molecule has 2 aromatic rings. The van der Waals surface area contributed by atoms with E-state index in [1.165, 1.54) is 0 Å². The lowest BCUT2D eigenvalue weighted by atomic mass is 10.2. The molecule has 0 aliphatic heterocycles. The van der Waals surface area contributed by atoms with Gasteiger partial charge in [0.2, 0.25) is 0 Å². The van der Waals surface area contributed by atoms with E-state index in [2.05, 4.69) is 5.16 Å². The highest BCUT2D eigenvalue weighted by molar-refractivity contribution is 6.30. The normalized spacial score (nSPS) is 10.4. The Morgan fingerprint density at radius 3 is 2.57 bits per heavy atom. The molecule has 0 atom stereocenters. The molecule has 0 radical (unpaired) electrons. The fraction of sp³-hybridized carbons (Fsp3) is 0.100. The van der Waals surface area contributed by atoms with Crippen LogP contribution in [0.15, 0.2) is 34.9 Å². The molecule has 14 heavy (non-hydrogen) atoms. The van der Waals surface area contributed by atoms with Gasteiger partial charge in [0.15, 0.2) is 5.76 Å². The Morgan fingerprint density at radius 1 is 1.29 bits per heavy atom. The van der Waals surface area contributed by atoms with Gasteiger partial charge in [0, 0.05) is 16.7 Å². The van der Waals surface area contributed by atoms with Crippen LogP contribution in [0.2, 0.25) is 5.02 Å². The van der Waals surface area contributed by atoms with Gasteiger partial charge in [0.1, 0.15) is 5.69 Å². The number of aromatic nitrogens is 1. The third-order valence-corrected chi connectivity index (χ3v) is 2.10. The van der Waals surface area contributed by atoms with Crippen molar-refractivity contribution < 1.29 is 9.63 Å². The number of benzene rings is 1. The average molecular weight is 210 g/mol. The minimum atomic E-state index is -0.114. The van der Waals surface area contributed by atoms with E-state index in [4.69, 9.17) is 21.2 Å². The second kappa shape index (κ2) is 3.82. The third kappa shape index (κ3) is 1.78. The molecule has 0 saturated heterocycles. The molecule has 2 rings (SSSR count). The van der Waals surface area contributed by atoms with Gasteiger partial charge in [-0.25, -0.2) is 0 Å². The zero-order valence-electron chi connectivity index (χ0n) is 7.27. The Morgan fingerprint density at radius 2 is 2.00 bits per heavy atom. The summed E-state index contributed by atoms with van der Waals surface area (Å²) in [6.45, 7) is -0.114. The van der Waals surface area contributed by atoms with Crippen LogP contribution in [0.3, 0.4) is 0 Å². The summed E-state index contributed by atoms with van der Waals surface area (Å²) in [6.07, 6.45) is 0. The second-order valence-corrected chi connectivity index (χ2v) is 3.28. The Kier molecular flexibility index (Phi) is 2.52. The highest BCUT2D eigenvalue weighted by Gasteiger charge is 2.05. The van der Waals surface area contributed by atoms with E-state index in [1.54, 1.807) is 18.2 Å². The standard InChI is InChI=1S/C10H8ClNO2/c11-8-3-1-7(2-4-8)10-5-9(6-13)12-14-10/h1-5,13H,6H2. The van der Waals surface area contributed by atoms with Crippen molar-refractivity contribution in [3.8, 4) is 11.3 Å². The number of rotatable bonds is 2. The molecule has 0 aliphatic carbocycles. The molecule has 0 bridgehead atoms. The molecule has 1 aromatic carbocycles. The maximum atomic E-state index is 8.80. The first-order valence-electron chi connectivity index (χ1n) is 4.12. The molecule has 0 amide bonds. The summed E-state index contributed by atoms with van der Waals surface area (Å²) in [5, 5.41) is 13.2. The minimum absolute atomic E-state index is 0.114. The molecule has 1 aromatic heterocycles. The van der Waals surface area contributed by atoms with E-state index >= 15 is 0 Å². The summed E-state index contributed by atoms with van der Waals surface area (Å²) < 4.78 is 5.03. The van der Waals surface area contributed by atoms with Crippen LogP contribution in [0, 0.1) is 0 Å². The third-order valence-electron chi connectivity index (χ3n) is 1.85. The smallest absolute Gasteiger partial charge is 0.167 e. The van der Waals surface area contributed by atoms with Gasteiger partial charge in [-0.2, -0.15) is 0 Å². The molecule has 4 heteroatoms. The molecule has 1 heterocycles. The van der Waals surface area contributed by atoms with Crippen molar-refractivity contribution in [1.29, 1.82) is 0 Å². The molecule has 0 fully saturated rings. The van der Waals surface area contributed by atoms with Gasteiger partial charge in [-0.05, 0) is 24.3 Å². The van der Waals surface area contributed by atoms with Gasteiger partial charge in [0.05, 0.1) is 6.61 Å². The molecule has 1 N–H and O–H groups in total. The lowest BCUT2D eigenvalue weighted by Crippen LogP contribution is -1.78. The molecule has 0 spiro atoms. The summed E-state index contributed by atoms with van der Waals surface area (Å²) in [6, 6.07) is 8.92. The highest BCUT2D eigenvalue weighted by Crippen LogP contribution is 2.22. The van der Waals surface area contributed by atoms with Crippen molar-refractivity contribution >= 4 is 11.6 Å². The molecule has 72 valence electrons. The second-order valence-electron chi connectivity index (χ2n) is 2.85. The largest absolute Gasteiger partial charge is 0.390 e. The van der Waals surface area contributed by atoms with Gasteiger partial charge in [-0.15, -0.1) is 0 Å². The molecular weight excluding hydrogens is 202 g/mol. The van der Waals surface area contributed by atoms with E-state index in [-0.39, 0.29) is 6.61 Å². The fourth-order valence-electron chi connectivity index (χ4n) is 1.14. The summed E-state index contributed by atoms with van der Waals surface area (Å²) in [5.74, 6) is 0.630. The summed E-state index contributed by atoms with van der Waals surface area (Å²) in [7, 11) is 0. The van der Waals surface area contributed by atoms with Crippen molar-refractivity contribution in [2.75, 3.05) is 0 Å². The monoisotopic (exact) mass is 209 g/mol. The predicted octanol–water partition coefficient (Wildman–Crippen LogP) is 2.49. The van der Waals surface area contributed by atoms with Gasteiger partial charge in [-0.1, -0.05) is 16.8 Å². The van der Waals surface area contributed by atoms with Gasteiger partial charge in [0.25, 0.3) is 0 Å². The lowest BCUT2D eigenvalue weighted by molar-refractivity contribution is 0.267. The quantitative estimate of drug-likeness (QED) is 0.827. The van der Waals surface area contributed by atoms with Gasteiger partial charge < -0.3 is 9.63 Å². The SMILES string of the molecule is OCc1cc(-c2ccc(Cl)cc2)on1. The van der Waals surface area contributed by atoms with Crippen LogP contribution in [0.4, 0.5) is 0 Å². The number of aliphatic hydroxyl groups is 1. The maximum absolute atomic E-state index is 8.80. The number of halogens is 1. The number of aliphatic hydroxyl groups excluding tert-OH is 1. The van der Waals surface area contributed by atoms with Gasteiger partial charge in [-0.3, -0.25) is 0 Å². The first-order valence-corrected chi connectivity index (χ1v) is 4.50. The number of hydrogen-bond donors (Lipinski definition) is 1. The predicted molar refractivity (Wildman–Crippen MR) is 52.9 cm³/mol. The van der Waals surface area contributed by atoms with Crippen molar-refractivity contribution in [3.05, 3.63) is 41.0 Å². The average Bonchev–Trinajstić information content (AvgIpc) is 2.67. The number of hydrogen-bond acceptors (Lipinski definition) is 3. The van der Waals surface area contributed by atoms with Gasteiger partial charge >= 0.3 is 0 Å². The Labute approximate surface area is 85.9 Å². The number of nitrogens with zero attached hydrogens (tertiary/aromatic N) is 1. The molecule has 0 saturated carbocycles. The summed E-state index contributed by atoms with van der Waals surface area (Å²) in [4.78, 5) is 0. The van der Waals surface area contributed by atoms with Crippen molar-refractivity contribution in [3.63, 3.8) is 0 Å². The Balaban J connectivity index is 2.34. The Hall–Kier alpha value is -1.32. The zero-order valence-corrected chi connectivity index (χ0v) is 8.03. The highest BCUT2D eigenvalue weighted by atomic mass is 35.5. The van der Waals surface area contributed by atoms with Crippen molar-refractivity contribution in [1.82, 2.24) is 5.16 Å². The van der Waals surface area contributed by atoms with Crippen molar-refractivity contribution in [2.24, 2.45) is 0 Å². The zero-order chi connectivity index (χ0) is 9.97. The Bertz CT molecular complexity index is 422. The van der Waals surface area contributed by atoms with E-state index in [9.17, 15) is 0 Å². The summed E-state index contributed by atoms with van der Waals surface area (Å²) in [5.41, 5.74) is 1.41. The van der Waals surface area contributed by atoms with Crippen LogP contribution in [0.25, 0.3) is 11.3 Å². The molecule has 0 aliphatic rings. The first kappa shape index (κ1) is 9.24. The molecule has 0 unspecified atom stereocenters. The first-order chi connectivity index (χ1) is 6.79. The van der Waals surface area contributed by atoms with E-state index in [0.717, 1.165) is 5.56 Å². The van der Waals surface area contributed by atoms with E-state index in [0.29, 0.717) is 16.5 Å². The van der Waals surface area contributed by atoms with Crippen LogP contribution < -0.4 is 0 Å². The van der Waals surface area contributed by atoms with Crippen LogP contribution in [0.5, 0.6) is 0 Å². The lowest BCUT2D eigenvalue weighted by Gasteiger charge is -1.93. The maximum Gasteiger partial charge on any atom is 0.167 e. The topological polar surface area (TPSA) is 46.3 Å². The van der Waals surface area contributed by atoms with Crippen molar-refractivity contribution in [2.45, 2.75) is 6.61 Å². The van der Waals surface area contributed by atoms with Crippen LogP contribution >= 0.6 is 11.6 Å². The minimum Gasteiger partial charge on any atom is -0.390 e.